The molecule has 1 aliphatic rings. The third-order valence-electron chi connectivity index (χ3n) is 6.95. The van der Waals surface area contributed by atoms with Crippen molar-refractivity contribution in [3.63, 3.8) is 0 Å². The fraction of sp³-hybridized carbons (Fsp3) is 0.865. The van der Waals surface area contributed by atoms with Gasteiger partial charge >= 0.3 is 0 Å². The highest BCUT2D eigenvalue weighted by atomic mass is 16.6. The van der Waals surface area contributed by atoms with Gasteiger partial charge in [-0.1, -0.05) is 0 Å². The van der Waals surface area contributed by atoms with E-state index in [0.717, 1.165) is 11.2 Å². The van der Waals surface area contributed by atoms with Crippen molar-refractivity contribution in [1.82, 2.24) is 4.90 Å². The standard InChI is InChI=1S/C37H67NO18/c39-5-1-6-42-8-10-44-12-14-46-16-18-48-20-22-50-24-26-52-28-30-54-32-34-56-35-33-55-31-29-53-27-25-51-23-21-49-19-17-47-15-13-45-11-9-43-7-4-38-36(40)2-3-37(38)41/h2-3,5H,1,4,6-35H2. The Balaban J connectivity index is 1.60. The van der Waals surface area contributed by atoms with Crippen LogP contribution in [0, 0.1) is 0 Å². The first kappa shape index (κ1) is 52.0. The molecule has 0 fully saturated rings. The summed E-state index contributed by atoms with van der Waals surface area (Å²) in [5.74, 6) is -0.621. The second-order valence-electron chi connectivity index (χ2n) is 11.3. The van der Waals surface area contributed by atoms with Crippen LogP contribution >= 0.6 is 0 Å². The minimum absolute atomic E-state index is 0.234. The third kappa shape index (κ3) is 37.5. The fourth-order valence-corrected chi connectivity index (χ4v) is 4.12. The smallest absolute Gasteiger partial charge is 0.253 e. The predicted molar refractivity (Wildman–Crippen MR) is 199 cm³/mol. The lowest BCUT2D eigenvalue weighted by molar-refractivity contribution is -0.137. The van der Waals surface area contributed by atoms with E-state index in [0.29, 0.717) is 198 Å². The lowest BCUT2D eigenvalue weighted by Crippen LogP contribution is -2.33. The van der Waals surface area contributed by atoms with Crippen molar-refractivity contribution in [2.45, 2.75) is 6.42 Å². The quantitative estimate of drug-likeness (QED) is 0.0443. The van der Waals surface area contributed by atoms with Crippen LogP contribution in [0.3, 0.4) is 0 Å². The Bertz CT molecular complexity index is 884. The van der Waals surface area contributed by atoms with Crippen molar-refractivity contribution in [2.75, 3.05) is 205 Å². The van der Waals surface area contributed by atoms with E-state index in [-0.39, 0.29) is 25.0 Å². The molecule has 0 radical (unpaired) electrons. The van der Waals surface area contributed by atoms with E-state index in [4.69, 9.17) is 71.1 Å². The first-order valence-corrected chi connectivity index (χ1v) is 19.4. The zero-order chi connectivity index (χ0) is 40.1. The van der Waals surface area contributed by atoms with E-state index in [1.807, 2.05) is 0 Å². The molecule has 0 aromatic rings. The monoisotopic (exact) mass is 813 g/mol. The zero-order valence-electron chi connectivity index (χ0n) is 33.2. The zero-order valence-corrected chi connectivity index (χ0v) is 33.2. The molecule has 0 spiro atoms. The molecule has 0 N–H and O–H groups in total. The van der Waals surface area contributed by atoms with Crippen LogP contribution in [0.2, 0.25) is 0 Å². The number of carbonyl (C=O) groups is 3. The molecule has 1 aliphatic heterocycles. The Labute approximate surface area is 331 Å². The highest BCUT2D eigenvalue weighted by Crippen LogP contribution is 2.02. The molecule has 0 bridgehead atoms. The highest BCUT2D eigenvalue weighted by Gasteiger charge is 2.22. The lowest BCUT2D eigenvalue weighted by Gasteiger charge is -2.13. The van der Waals surface area contributed by atoms with Gasteiger partial charge in [0.05, 0.1) is 205 Å². The summed E-state index contributed by atoms with van der Waals surface area (Å²) in [6, 6.07) is 0. The average molecular weight is 814 g/mol. The molecular formula is C37H67NO18. The molecule has 19 nitrogen and oxygen atoms in total. The first-order valence-electron chi connectivity index (χ1n) is 19.4. The molecule has 1 rings (SSSR count). The van der Waals surface area contributed by atoms with Gasteiger partial charge in [-0.25, -0.2) is 0 Å². The molecule has 0 aromatic carbocycles. The largest absolute Gasteiger partial charge is 0.379 e. The molecule has 19 heteroatoms. The number of hydrogen-bond acceptors (Lipinski definition) is 18. The van der Waals surface area contributed by atoms with Crippen molar-refractivity contribution in [2.24, 2.45) is 0 Å². The van der Waals surface area contributed by atoms with E-state index >= 15 is 0 Å². The maximum absolute atomic E-state index is 11.4. The van der Waals surface area contributed by atoms with Crippen molar-refractivity contribution in [3.8, 4) is 0 Å². The SMILES string of the molecule is O=CCCOCCOCCOCCOCCOCCOCCOCCOCCOCCOCCOCCOCCOCCOCCOCCN1C(=O)C=CC1=O. The number of carbonyl (C=O) groups excluding carboxylic acids is 3. The van der Waals surface area contributed by atoms with E-state index in [1.54, 1.807) is 0 Å². The molecular weight excluding hydrogens is 746 g/mol. The molecule has 2 amide bonds. The Hall–Kier alpha value is -2.05. The summed E-state index contributed by atoms with van der Waals surface area (Å²) in [6.45, 7) is 14.2. The van der Waals surface area contributed by atoms with Crippen molar-refractivity contribution in [1.29, 1.82) is 0 Å². The molecule has 0 saturated carbocycles. The van der Waals surface area contributed by atoms with Crippen LogP contribution in [-0.2, 0) is 85.4 Å². The molecule has 56 heavy (non-hydrogen) atoms. The van der Waals surface area contributed by atoms with Crippen LogP contribution < -0.4 is 0 Å². The summed E-state index contributed by atoms with van der Waals surface area (Å²) in [5.41, 5.74) is 0. The van der Waals surface area contributed by atoms with Gasteiger partial charge in [0.15, 0.2) is 0 Å². The Morgan fingerprint density at radius 3 is 0.679 bits per heavy atom. The number of hydrogen-bond donors (Lipinski definition) is 0. The molecule has 0 unspecified atom stereocenters. The molecule has 328 valence electrons. The van der Waals surface area contributed by atoms with E-state index in [1.165, 1.54) is 12.2 Å². The summed E-state index contributed by atoms with van der Waals surface area (Å²) in [4.78, 5) is 34.1. The Morgan fingerprint density at radius 1 is 0.304 bits per heavy atom. The van der Waals surface area contributed by atoms with Gasteiger partial charge in [0, 0.05) is 18.6 Å². The number of ether oxygens (including phenoxy) is 15. The number of aldehydes is 1. The average Bonchev–Trinajstić information content (AvgIpc) is 3.53. The molecule has 0 atom stereocenters. The first-order chi connectivity index (χ1) is 27.8. The highest BCUT2D eigenvalue weighted by molar-refractivity contribution is 6.12. The maximum atomic E-state index is 11.4. The number of nitrogens with zero attached hydrogens (tertiary/aromatic N) is 1. The summed E-state index contributed by atoms with van der Waals surface area (Å²) in [5, 5.41) is 0. The fourth-order valence-electron chi connectivity index (χ4n) is 4.12. The van der Waals surface area contributed by atoms with Crippen LogP contribution in [0.1, 0.15) is 6.42 Å². The number of amides is 2. The van der Waals surface area contributed by atoms with Gasteiger partial charge in [-0.2, -0.15) is 0 Å². The molecule has 0 aromatic heterocycles. The lowest BCUT2D eigenvalue weighted by atomic mass is 10.5. The van der Waals surface area contributed by atoms with Crippen molar-refractivity contribution in [3.05, 3.63) is 12.2 Å². The van der Waals surface area contributed by atoms with E-state index in [9.17, 15) is 14.4 Å². The van der Waals surface area contributed by atoms with Gasteiger partial charge in [-0.3, -0.25) is 14.5 Å². The number of imide groups is 1. The Morgan fingerprint density at radius 2 is 0.482 bits per heavy atom. The van der Waals surface area contributed by atoms with Gasteiger partial charge in [-0.05, 0) is 0 Å². The van der Waals surface area contributed by atoms with Gasteiger partial charge in [0.25, 0.3) is 11.8 Å². The normalized spacial score (nSPS) is 12.8. The molecule has 0 saturated heterocycles. The predicted octanol–water partition coefficient (Wildman–Crippen LogP) is -0.251. The molecule has 1 heterocycles. The second kappa shape index (κ2) is 44.1. The summed E-state index contributed by atoms with van der Waals surface area (Å²) < 4.78 is 81.4. The van der Waals surface area contributed by atoms with Gasteiger partial charge < -0.3 is 75.8 Å². The number of rotatable bonds is 48. The van der Waals surface area contributed by atoms with Crippen LogP contribution in [0.4, 0.5) is 0 Å². The van der Waals surface area contributed by atoms with E-state index in [2.05, 4.69) is 0 Å². The van der Waals surface area contributed by atoms with Gasteiger partial charge in [-0.15, -0.1) is 0 Å². The second-order valence-corrected chi connectivity index (χ2v) is 11.3. The minimum atomic E-state index is -0.311. The summed E-state index contributed by atoms with van der Waals surface area (Å²) in [7, 11) is 0. The summed E-state index contributed by atoms with van der Waals surface area (Å²) in [6.07, 6.45) is 3.74. The third-order valence-corrected chi connectivity index (χ3v) is 6.95. The topological polar surface area (TPSA) is 193 Å². The molecule has 0 aliphatic carbocycles. The van der Waals surface area contributed by atoms with Crippen molar-refractivity contribution < 1.29 is 85.4 Å². The van der Waals surface area contributed by atoms with Gasteiger partial charge in [0.2, 0.25) is 0 Å². The van der Waals surface area contributed by atoms with Crippen LogP contribution in [0.25, 0.3) is 0 Å². The maximum Gasteiger partial charge on any atom is 0.253 e. The van der Waals surface area contributed by atoms with Crippen LogP contribution in [0.15, 0.2) is 12.2 Å². The summed E-state index contributed by atoms with van der Waals surface area (Å²) >= 11 is 0. The van der Waals surface area contributed by atoms with E-state index < -0.39 is 0 Å². The minimum Gasteiger partial charge on any atom is -0.379 e. The Kier molecular flexibility index (Phi) is 40.9. The van der Waals surface area contributed by atoms with Gasteiger partial charge in [0.1, 0.15) is 6.29 Å². The van der Waals surface area contributed by atoms with Crippen LogP contribution in [0.5, 0.6) is 0 Å². The van der Waals surface area contributed by atoms with Crippen molar-refractivity contribution >= 4 is 18.1 Å². The van der Waals surface area contributed by atoms with Crippen LogP contribution in [-0.4, -0.2) is 228 Å².